The number of carbonyl (C=O) groups excluding carboxylic acids is 4. The van der Waals surface area contributed by atoms with Crippen molar-refractivity contribution in [3.63, 3.8) is 0 Å². The van der Waals surface area contributed by atoms with Gasteiger partial charge in [-0.1, -0.05) is 35.3 Å². The Hall–Kier alpha value is -4.66. The van der Waals surface area contributed by atoms with E-state index in [2.05, 4.69) is 0 Å². The Bertz CT molecular complexity index is 1640. The number of nitrogens with zero attached hydrogens (tertiary/aromatic N) is 2. The smallest absolute Gasteiger partial charge is 0.266 e. The van der Waals surface area contributed by atoms with Gasteiger partial charge in [-0.05, 0) is 71.8 Å². The number of benzene rings is 4. The van der Waals surface area contributed by atoms with Gasteiger partial charge >= 0.3 is 0 Å². The maximum Gasteiger partial charge on any atom is 0.266 e. The minimum atomic E-state index is -0.547. The average molecular weight is 543 g/mol. The lowest BCUT2D eigenvalue weighted by atomic mass is 9.97. The van der Waals surface area contributed by atoms with E-state index < -0.39 is 23.6 Å². The molecule has 0 saturated carbocycles. The molecule has 0 aromatic heterocycles. The van der Waals surface area contributed by atoms with Gasteiger partial charge in [-0.3, -0.25) is 19.2 Å². The van der Waals surface area contributed by atoms with Crippen molar-refractivity contribution in [1.82, 2.24) is 0 Å². The Kier molecular flexibility index (Phi) is 5.27. The monoisotopic (exact) mass is 542 g/mol. The standard InChI is InChI=1S/C28H16Cl2N4O4/c29-21-7-3-15(31)11-23(21)33-25(35)17-5-1-13(9-19(17)27(33)37)14-2-6-18-20(10-14)28(38)34(26(18)36)24-12-16(32)4-8-22(24)30/h1-12H,31-32H2. The first-order valence-corrected chi connectivity index (χ1v) is 12.1. The lowest BCUT2D eigenvalue weighted by molar-refractivity contribution is 0.0910. The van der Waals surface area contributed by atoms with Crippen molar-refractivity contribution in [2.75, 3.05) is 21.3 Å². The van der Waals surface area contributed by atoms with Crippen LogP contribution in [0.3, 0.4) is 0 Å². The summed E-state index contributed by atoms with van der Waals surface area (Å²) in [4.78, 5) is 54.7. The fraction of sp³-hybridized carbons (Fsp3) is 0. The molecule has 2 aliphatic rings. The van der Waals surface area contributed by atoms with Crippen molar-refractivity contribution in [2.24, 2.45) is 0 Å². The van der Waals surface area contributed by atoms with Gasteiger partial charge in [0.05, 0.1) is 43.7 Å². The molecule has 8 nitrogen and oxygen atoms in total. The second kappa shape index (κ2) is 8.44. The van der Waals surface area contributed by atoms with Crippen molar-refractivity contribution in [1.29, 1.82) is 0 Å². The Balaban J connectivity index is 1.38. The highest BCUT2D eigenvalue weighted by atomic mass is 35.5. The Morgan fingerprint density at radius 2 is 0.842 bits per heavy atom. The second-order valence-corrected chi connectivity index (χ2v) is 9.65. The molecule has 4 aromatic rings. The highest BCUT2D eigenvalue weighted by molar-refractivity contribution is 6.41. The van der Waals surface area contributed by atoms with Crippen LogP contribution in [0.5, 0.6) is 0 Å². The van der Waals surface area contributed by atoms with Crippen LogP contribution in [0.2, 0.25) is 10.0 Å². The van der Waals surface area contributed by atoms with Crippen molar-refractivity contribution in [2.45, 2.75) is 0 Å². The molecule has 0 atom stereocenters. The van der Waals surface area contributed by atoms with Gasteiger partial charge in [0, 0.05) is 11.4 Å². The molecule has 10 heteroatoms. The van der Waals surface area contributed by atoms with Crippen molar-refractivity contribution < 1.29 is 19.2 Å². The van der Waals surface area contributed by atoms with E-state index in [9.17, 15) is 19.2 Å². The fourth-order valence-corrected chi connectivity index (χ4v) is 5.08. The van der Waals surface area contributed by atoms with Crippen molar-refractivity contribution >= 4 is 69.6 Å². The lowest BCUT2D eigenvalue weighted by Crippen LogP contribution is -2.29. The molecule has 38 heavy (non-hydrogen) atoms. The third-order valence-corrected chi connectivity index (χ3v) is 7.17. The molecule has 4 amide bonds. The highest BCUT2D eigenvalue weighted by Crippen LogP contribution is 2.38. The number of amides is 4. The van der Waals surface area contributed by atoms with Gasteiger partial charge in [-0.15, -0.1) is 0 Å². The number of imide groups is 2. The van der Waals surface area contributed by atoms with E-state index >= 15 is 0 Å². The number of hydrogen-bond donors (Lipinski definition) is 2. The number of anilines is 4. The van der Waals surface area contributed by atoms with Crippen molar-refractivity contribution in [3.05, 3.63) is 105 Å². The Morgan fingerprint density at radius 3 is 1.24 bits per heavy atom. The number of carbonyl (C=O) groups is 4. The zero-order valence-corrected chi connectivity index (χ0v) is 20.9. The van der Waals surface area contributed by atoms with Crippen LogP contribution < -0.4 is 21.3 Å². The third kappa shape index (κ3) is 3.46. The molecule has 2 heterocycles. The Morgan fingerprint density at radius 1 is 0.474 bits per heavy atom. The van der Waals surface area contributed by atoms with Crippen LogP contribution >= 0.6 is 23.2 Å². The van der Waals surface area contributed by atoms with Crippen LogP contribution in [0.4, 0.5) is 22.7 Å². The summed E-state index contributed by atoms with van der Waals surface area (Å²) < 4.78 is 0. The fourth-order valence-electron chi connectivity index (χ4n) is 4.68. The first-order chi connectivity index (χ1) is 18.2. The first kappa shape index (κ1) is 23.7. The van der Waals surface area contributed by atoms with Gasteiger partial charge in [-0.2, -0.15) is 0 Å². The molecule has 2 aliphatic heterocycles. The molecular weight excluding hydrogens is 527 g/mol. The summed E-state index contributed by atoms with van der Waals surface area (Å²) in [5, 5.41) is 0.418. The summed E-state index contributed by atoms with van der Waals surface area (Å²) in [6, 6.07) is 18.7. The zero-order chi connectivity index (χ0) is 26.9. The Labute approximate surface area is 226 Å². The van der Waals surface area contributed by atoms with Gasteiger partial charge < -0.3 is 11.5 Å². The minimum Gasteiger partial charge on any atom is -0.399 e. The third-order valence-electron chi connectivity index (χ3n) is 6.53. The highest BCUT2D eigenvalue weighted by Gasteiger charge is 2.39. The van der Waals surface area contributed by atoms with Crippen molar-refractivity contribution in [3.8, 4) is 11.1 Å². The molecule has 186 valence electrons. The maximum absolute atomic E-state index is 13.3. The quantitative estimate of drug-likeness (QED) is 0.262. The number of hydrogen-bond acceptors (Lipinski definition) is 6. The molecule has 0 bridgehead atoms. The van der Waals surface area contributed by atoms with Crippen LogP contribution in [0, 0.1) is 0 Å². The molecule has 0 fully saturated rings. The van der Waals surface area contributed by atoms with Crippen LogP contribution in [-0.4, -0.2) is 23.6 Å². The van der Waals surface area contributed by atoms with Crippen LogP contribution in [0.15, 0.2) is 72.8 Å². The summed E-state index contributed by atoms with van der Waals surface area (Å²) >= 11 is 12.5. The van der Waals surface area contributed by atoms with Crippen LogP contribution in [-0.2, 0) is 0 Å². The summed E-state index contributed by atoms with van der Waals surface area (Å²) in [6.07, 6.45) is 0. The number of nitrogens with two attached hydrogens (primary N) is 2. The number of fused-ring (bicyclic) bond motifs is 2. The predicted molar refractivity (Wildman–Crippen MR) is 146 cm³/mol. The zero-order valence-electron chi connectivity index (χ0n) is 19.4. The van der Waals surface area contributed by atoms with Gasteiger partial charge in [0.1, 0.15) is 0 Å². The van der Waals surface area contributed by atoms with Gasteiger partial charge in [0.15, 0.2) is 0 Å². The number of nitrogen functional groups attached to an aromatic ring is 2. The number of halogens is 2. The van der Waals surface area contributed by atoms with E-state index in [1.165, 1.54) is 24.3 Å². The minimum absolute atomic E-state index is 0.182. The molecule has 0 radical (unpaired) electrons. The largest absolute Gasteiger partial charge is 0.399 e. The van der Waals surface area contributed by atoms with Gasteiger partial charge in [0.2, 0.25) is 0 Å². The van der Waals surface area contributed by atoms with Gasteiger partial charge in [-0.25, -0.2) is 9.80 Å². The predicted octanol–water partition coefficient (Wildman–Crippen LogP) is 5.43. The maximum atomic E-state index is 13.3. The molecular formula is C28H16Cl2N4O4. The van der Waals surface area contributed by atoms with Crippen LogP contribution in [0.1, 0.15) is 41.4 Å². The normalized spacial score (nSPS) is 14.4. The second-order valence-electron chi connectivity index (χ2n) is 8.83. The SMILES string of the molecule is Nc1ccc(Cl)c(N2C(=O)c3ccc(-c4ccc5c(c4)C(=O)N(c4cc(N)ccc4Cl)C5=O)cc3C2=O)c1. The first-order valence-electron chi connectivity index (χ1n) is 11.3. The van der Waals surface area contributed by atoms with E-state index in [1.807, 2.05) is 0 Å². The summed E-state index contributed by atoms with van der Waals surface area (Å²) in [6.45, 7) is 0. The average Bonchev–Trinajstić information content (AvgIpc) is 3.30. The van der Waals surface area contributed by atoms with E-state index in [-0.39, 0.29) is 43.7 Å². The van der Waals surface area contributed by atoms with Crippen LogP contribution in [0.25, 0.3) is 11.1 Å². The molecule has 0 unspecified atom stereocenters. The van der Waals surface area contributed by atoms with E-state index in [1.54, 1.807) is 48.5 Å². The topological polar surface area (TPSA) is 127 Å². The summed E-state index contributed by atoms with van der Waals surface area (Å²) in [5.74, 6) is -2.13. The molecule has 4 N–H and O–H groups in total. The molecule has 0 saturated heterocycles. The van der Waals surface area contributed by atoms with E-state index in [4.69, 9.17) is 34.7 Å². The summed E-state index contributed by atoms with van der Waals surface area (Å²) in [5.41, 5.74) is 14.7. The van der Waals surface area contributed by atoms with E-state index in [0.29, 0.717) is 22.5 Å². The summed E-state index contributed by atoms with van der Waals surface area (Å²) in [7, 11) is 0. The van der Waals surface area contributed by atoms with Gasteiger partial charge in [0.25, 0.3) is 23.6 Å². The molecule has 0 aliphatic carbocycles. The molecule has 0 spiro atoms. The lowest BCUT2D eigenvalue weighted by Gasteiger charge is -2.16. The molecule has 6 rings (SSSR count). The van der Waals surface area contributed by atoms with E-state index in [0.717, 1.165) is 9.80 Å². The molecule has 4 aromatic carbocycles. The number of rotatable bonds is 3.